The van der Waals surface area contributed by atoms with Gasteiger partial charge in [-0.25, -0.2) is 0 Å². The lowest BCUT2D eigenvalue weighted by atomic mass is 9.95. The summed E-state index contributed by atoms with van der Waals surface area (Å²) < 4.78 is 17.9. The van der Waals surface area contributed by atoms with Gasteiger partial charge in [0.2, 0.25) is 0 Å². The molecule has 5 nitrogen and oxygen atoms in total. The molecule has 1 aliphatic carbocycles. The summed E-state index contributed by atoms with van der Waals surface area (Å²) in [5.74, 6) is 0. The van der Waals surface area contributed by atoms with Gasteiger partial charge in [0.25, 0.3) is 0 Å². The Bertz CT molecular complexity index is 3000. The van der Waals surface area contributed by atoms with E-state index in [0.717, 1.165) is 78.9 Å². The Balaban J connectivity index is 1.25. The molecule has 0 N–H and O–H groups in total. The Kier molecular flexibility index (Phi) is 5.16. The number of fused-ring (bicyclic) bond motifs is 11. The highest BCUT2D eigenvalue weighted by Crippen LogP contribution is 2.43. The minimum absolute atomic E-state index is 0.545. The van der Waals surface area contributed by atoms with Gasteiger partial charge in [-0.15, -0.1) is 0 Å². The fraction of sp³-hybridized carbons (Fsp3) is 0.0465. The van der Waals surface area contributed by atoms with Crippen LogP contribution in [0.25, 0.3) is 93.9 Å². The smallest absolute Gasteiger partial charge is 0.307 e. The second kappa shape index (κ2) is 9.60. The second-order valence-electron chi connectivity index (χ2n) is 12.7. The van der Waals surface area contributed by atoms with Crippen LogP contribution in [-0.4, -0.2) is 14.1 Å². The maximum absolute atomic E-state index is 6.82. The van der Waals surface area contributed by atoms with Gasteiger partial charge in [-0.05, 0) is 66.9 Å². The number of rotatable bonds is 3. The first kappa shape index (κ1) is 25.8. The first-order chi connectivity index (χ1) is 23.8. The third-order valence-corrected chi connectivity index (χ3v) is 10.0. The zero-order valence-corrected chi connectivity index (χ0v) is 25.9. The molecule has 4 aromatic heterocycles. The summed E-state index contributed by atoms with van der Waals surface area (Å²) in [6.07, 6.45) is 8.49. The van der Waals surface area contributed by atoms with Crippen LogP contribution in [0.2, 0.25) is 0 Å². The van der Waals surface area contributed by atoms with E-state index in [0.29, 0.717) is 6.01 Å². The monoisotopic (exact) mass is 617 g/mol. The van der Waals surface area contributed by atoms with E-state index in [1.807, 2.05) is 12.1 Å². The Morgan fingerprint density at radius 3 is 1.98 bits per heavy atom. The van der Waals surface area contributed by atoms with E-state index in [-0.39, 0.29) is 0 Å². The van der Waals surface area contributed by atoms with Gasteiger partial charge < -0.3 is 13.4 Å². The van der Waals surface area contributed by atoms with E-state index in [4.69, 9.17) is 13.8 Å². The van der Waals surface area contributed by atoms with Crippen molar-refractivity contribution in [1.29, 1.82) is 0 Å². The zero-order valence-electron chi connectivity index (χ0n) is 25.9. The topological polar surface area (TPSA) is 49.0 Å². The summed E-state index contributed by atoms with van der Waals surface area (Å²) in [7, 11) is 0. The highest BCUT2D eigenvalue weighted by atomic mass is 16.4. The normalized spacial score (nSPS) is 13.7. The minimum Gasteiger partial charge on any atom is -0.455 e. The van der Waals surface area contributed by atoms with Gasteiger partial charge in [-0.3, -0.25) is 4.57 Å². The summed E-state index contributed by atoms with van der Waals surface area (Å²) >= 11 is 0. The molecule has 6 aromatic carbocycles. The molecule has 0 saturated carbocycles. The van der Waals surface area contributed by atoms with Crippen molar-refractivity contribution in [3.05, 3.63) is 145 Å². The number of allylic oxidation sites excluding steroid dienone is 4. The van der Waals surface area contributed by atoms with Crippen molar-refractivity contribution in [2.24, 2.45) is 0 Å². The molecular formula is C43H27N3O2. The number of furan rings is 1. The Labute approximate surface area is 274 Å². The van der Waals surface area contributed by atoms with Gasteiger partial charge in [0.15, 0.2) is 5.58 Å². The number of hydrogen-bond donors (Lipinski definition) is 0. The first-order valence-electron chi connectivity index (χ1n) is 16.4. The quantitative estimate of drug-likeness (QED) is 0.198. The molecule has 0 atom stereocenters. The van der Waals surface area contributed by atoms with Crippen molar-refractivity contribution in [3.8, 4) is 11.7 Å². The summed E-state index contributed by atoms with van der Waals surface area (Å²) in [6.45, 7) is 0. The molecule has 0 unspecified atom stereocenters. The molecule has 48 heavy (non-hydrogen) atoms. The molecule has 0 radical (unpaired) electrons. The molecule has 0 amide bonds. The van der Waals surface area contributed by atoms with E-state index in [9.17, 15) is 0 Å². The molecule has 11 rings (SSSR count). The van der Waals surface area contributed by atoms with Crippen LogP contribution in [0.4, 0.5) is 0 Å². The van der Waals surface area contributed by atoms with Crippen molar-refractivity contribution in [1.82, 2.24) is 14.1 Å². The van der Waals surface area contributed by atoms with E-state index in [2.05, 4.69) is 137 Å². The molecule has 0 aliphatic heterocycles. The molecular weight excluding hydrogens is 590 g/mol. The van der Waals surface area contributed by atoms with Crippen LogP contribution in [0.3, 0.4) is 0 Å². The molecule has 10 aromatic rings. The van der Waals surface area contributed by atoms with Gasteiger partial charge in [0.1, 0.15) is 16.7 Å². The maximum Gasteiger partial charge on any atom is 0.307 e. The number of hydrogen-bond acceptors (Lipinski definition) is 3. The molecule has 0 spiro atoms. The summed E-state index contributed by atoms with van der Waals surface area (Å²) in [5.41, 5.74) is 11.2. The van der Waals surface area contributed by atoms with Gasteiger partial charge >= 0.3 is 6.01 Å². The summed E-state index contributed by atoms with van der Waals surface area (Å²) in [6, 6.07) is 43.4. The number of aromatic nitrogens is 3. The van der Waals surface area contributed by atoms with Crippen molar-refractivity contribution in [2.75, 3.05) is 0 Å². The van der Waals surface area contributed by atoms with Crippen LogP contribution in [0, 0.1) is 0 Å². The maximum atomic E-state index is 6.82. The van der Waals surface area contributed by atoms with Crippen LogP contribution in [0.5, 0.6) is 0 Å². The van der Waals surface area contributed by atoms with Crippen LogP contribution < -0.4 is 0 Å². The van der Waals surface area contributed by atoms with E-state index in [1.54, 1.807) is 0 Å². The third kappa shape index (κ3) is 3.47. The third-order valence-electron chi connectivity index (χ3n) is 10.0. The van der Waals surface area contributed by atoms with Gasteiger partial charge in [-0.2, -0.15) is 4.98 Å². The predicted octanol–water partition coefficient (Wildman–Crippen LogP) is 11.7. The second-order valence-corrected chi connectivity index (χ2v) is 12.7. The van der Waals surface area contributed by atoms with Crippen molar-refractivity contribution < 1.29 is 8.83 Å². The lowest BCUT2D eigenvalue weighted by molar-refractivity contribution is 0.574. The van der Waals surface area contributed by atoms with E-state index >= 15 is 0 Å². The van der Waals surface area contributed by atoms with Gasteiger partial charge in [0.05, 0.1) is 27.5 Å². The number of para-hydroxylation sites is 4. The first-order valence-corrected chi connectivity index (χ1v) is 16.4. The lowest BCUT2D eigenvalue weighted by Crippen LogP contribution is -1.94. The fourth-order valence-corrected chi connectivity index (χ4v) is 7.92. The van der Waals surface area contributed by atoms with Crippen LogP contribution in [0.1, 0.15) is 18.4 Å². The van der Waals surface area contributed by atoms with E-state index < -0.39 is 0 Å². The molecule has 0 bridgehead atoms. The standard InChI is InChI=1S/C43H27N3O2/c1-3-13-26(14-4-1)31-25-39-41(40-30-19-9-12-22-38(30)47-42(31)40)44-43(48-39)46-35-21-11-8-18-29(35)33-23-36-32(24-37(33)46)28-17-7-10-20-34(28)45(36)27-15-5-2-6-16-27/h1-3,5-13,15-25H,4,14H2. The van der Waals surface area contributed by atoms with Crippen LogP contribution >= 0.6 is 0 Å². The minimum atomic E-state index is 0.545. The average molecular weight is 618 g/mol. The molecule has 0 saturated heterocycles. The molecule has 5 heteroatoms. The number of nitrogens with zero attached hydrogens (tertiary/aromatic N) is 3. The van der Waals surface area contributed by atoms with E-state index in [1.165, 1.54) is 27.4 Å². The highest BCUT2D eigenvalue weighted by molar-refractivity contribution is 6.21. The van der Waals surface area contributed by atoms with Crippen LogP contribution in [-0.2, 0) is 0 Å². The lowest BCUT2D eigenvalue weighted by Gasteiger charge is -2.09. The summed E-state index contributed by atoms with van der Waals surface area (Å²) in [4.78, 5) is 5.29. The van der Waals surface area contributed by atoms with Crippen molar-refractivity contribution >= 4 is 82.2 Å². The van der Waals surface area contributed by atoms with Crippen LogP contribution in [0.15, 0.2) is 148 Å². The Hall–Kier alpha value is -6.33. The predicted molar refractivity (Wildman–Crippen MR) is 196 cm³/mol. The SMILES string of the molecule is C1=CCCC(c2cc3oc(-n4c5ccccc5c5cc6c(cc54)c4ccccc4n6-c4ccccc4)nc3c3c2oc2ccccc23)=C1. The van der Waals surface area contributed by atoms with Gasteiger partial charge in [0, 0.05) is 38.2 Å². The Morgan fingerprint density at radius 2 is 1.23 bits per heavy atom. The molecule has 0 fully saturated rings. The average Bonchev–Trinajstić information content (AvgIpc) is 3.90. The zero-order chi connectivity index (χ0) is 31.3. The molecule has 226 valence electrons. The van der Waals surface area contributed by atoms with Crippen molar-refractivity contribution in [3.63, 3.8) is 0 Å². The molecule has 1 aliphatic rings. The Morgan fingerprint density at radius 1 is 0.562 bits per heavy atom. The van der Waals surface area contributed by atoms with Gasteiger partial charge in [-0.1, -0.05) is 91.0 Å². The largest absolute Gasteiger partial charge is 0.455 e. The van der Waals surface area contributed by atoms with Crippen molar-refractivity contribution in [2.45, 2.75) is 12.8 Å². The number of oxazole rings is 1. The number of benzene rings is 6. The fourth-order valence-electron chi connectivity index (χ4n) is 7.92. The summed E-state index contributed by atoms with van der Waals surface area (Å²) in [5, 5.41) is 6.74. The molecule has 4 heterocycles. The highest BCUT2D eigenvalue weighted by Gasteiger charge is 2.24.